The number of hydrogen-bond donors (Lipinski definition) is 1. The van der Waals surface area contributed by atoms with Gasteiger partial charge in [-0.3, -0.25) is 9.59 Å². The molecule has 1 amide bonds. The van der Waals surface area contributed by atoms with Crippen LogP contribution in [0.15, 0.2) is 42.5 Å². The maximum atomic E-state index is 12.0. The van der Waals surface area contributed by atoms with Crippen LogP contribution in [0.2, 0.25) is 10.0 Å². The van der Waals surface area contributed by atoms with Crippen molar-refractivity contribution in [3.63, 3.8) is 0 Å². The van der Waals surface area contributed by atoms with Crippen molar-refractivity contribution < 1.29 is 23.9 Å². The molecule has 0 saturated carbocycles. The number of esters is 1. The molecule has 0 spiro atoms. The fourth-order valence-electron chi connectivity index (χ4n) is 1.85. The second kappa shape index (κ2) is 8.50. The number of carbonyl (C=O) groups is 3. The Morgan fingerprint density at radius 2 is 1.64 bits per heavy atom. The van der Waals surface area contributed by atoms with Crippen LogP contribution in [0.25, 0.3) is 0 Å². The number of Topliss-reactive ketones (excluding diaryl/α,β-unsaturated/α-hetero) is 1. The van der Waals surface area contributed by atoms with Gasteiger partial charge in [0.15, 0.2) is 13.2 Å². The van der Waals surface area contributed by atoms with Crippen LogP contribution in [0.3, 0.4) is 0 Å². The third-order valence-electron chi connectivity index (χ3n) is 3.04. The lowest BCUT2D eigenvalue weighted by molar-refractivity contribution is -0.119. The van der Waals surface area contributed by atoms with Crippen LogP contribution < -0.4 is 10.5 Å². The molecule has 0 aromatic heterocycles. The Balaban J connectivity index is 1.93. The minimum atomic E-state index is -0.681. The highest BCUT2D eigenvalue weighted by molar-refractivity contribution is 6.36. The van der Waals surface area contributed by atoms with Gasteiger partial charge in [-0.2, -0.15) is 0 Å². The van der Waals surface area contributed by atoms with Crippen molar-refractivity contribution in [3.8, 4) is 5.75 Å². The van der Waals surface area contributed by atoms with Gasteiger partial charge in [-0.1, -0.05) is 23.2 Å². The summed E-state index contributed by atoms with van der Waals surface area (Å²) in [5.74, 6) is -1.36. The number of benzene rings is 2. The van der Waals surface area contributed by atoms with Crippen molar-refractivity contribution in [3.05, 3.63) is 63.6 Å². The van der Waals surface area contributed by atoms with Crippen molar-refractivity contribution in [2.24, 2.45) is 5.73 Å². The average Bonchev–Trinajstić information content (AvgIpc) is 2.58. The summed E-state index contributed by atoms with van der Waals surface area (Å²) in [4.78, 5) is 34.6. The van der Waals surface area contributed by atoms with Crippen LogP contribution in [-0.2, 0) is 9.53 Å². The minimum Gasteiger partial charge on any atom is -0.484 e. The van der Waals surface area contributed by atoms with Gasteiger partial charge in [0.2, 0.25) is 5.78 Å². The van der Waals surface area contributed by atoms with Gasteiger partial charge in [-0.15, -0.1) is 0 Å². The number of ether oxygens (including phenoxy) is 2. The molecule has 0 fully saturated rings. The third-order valence-corrected chi connectivity index (χ3v) is 3.58. The van der Waals surface area contributed by atoms with Crippen molar-refractivity contribution >= 4 is 40.9 Å². The SMILES string of the molecule is NC(=O)COc1ccc(C(=O)OCC(=O)c2ccc(Cl)cc2Cl)cc1. The van der Waals surface area contributed by atoms with Crippen LogP contribution in [0.1, 0.15) is 20.7 Å². The van der Waals surface area contributed by atoms with Crippen LogP contribution in [0.4, 0.5) is 0 Å². The molecule has 0 saturated heterocycles. The van der Waals surface area contributed by atoms with Gasteiger partial charge in [-0.05, 0) is 42.5 Å². The summed E-state index contributed by atoms with van der Waals surface area (Å²) in [5.41, 5.74) is 5.41. The molecule has 0 radical (unpaired) electrons. The van der Waals surface area contributed by atoms with Gasteiger partial charge in [0.1, 0.15) is 5.75 Å². The first kappa shape index (κ1) is 18.8. The zero-order valence-electron chi connectivity index (χ0n) is 12.8. The predicted octanol–water partition coefficient (Wildman–Crippen LogP) is 2.90. The summed E-state index contributed by atoms with van der Waals surface area (Å²) >= 11 is 11.7. The zero-order valence-corrected chi connectivity index (χ0v) is 14.3. The Kier molecular flexibility index (Phi) is 6.38. The monoisotopic (exact) mass is 381 g/mol. The number of ketones is 1. The summed E-state index contributed by atoms with van der Waals surface area (Å²) in [6, 6.07) is 10.3. The summed E-state index contributed by atoms with van der Waals surface area (Å²) in [5, 5.41) is 0.585. The maximum Gasteiger partial charge on any atom is 0.338 e. The number of nitrogens with two attached hydrogens (primary N) is 1. The molecule has 2 N–H and O–H groups in total. The Bertz CT molecular complexity index is 805. The summed E-state index contributed by atoms with van der Waals surface area (Å²) in [6.07, 6.45) is 0. The fourth-order valence-corrected chi connectivity index (χ4v) is 2.36. The molecule has 0 aliphatic heterocycles. The molecule has 130 valence electrons. The standard InChI is InChI=1S/C17H13Cl2NO5/c18-11-3-6-13(14(19)7-11)15(21)8-25-17(23)10-1-4-12(5-2-10)24-9-16(20)22/h1-7H,8-9H2,(H2,20,22). The van der Waals surface area contributed by atoms with E-state index in [1.54, 1.807) is 0 Å². The molecule has 2 aromatic carbocycles. The molecule has 0 aliphatic rings. The predicted molar refractivity (Wildman–Crippen MR) is 92.2 cm³/mol. The van der Waals surface area contributed by atoms with E-state index in [-0.39, 0.29) is 22.8 Å². The molecule has 0 unspecified atom stereocenters. The van der Waals surface area contributed by atoms with Gasteiger partial charge < -0.3 is 15.2 Å². The van der Waals surface area contributed by atoms with Crippen LogP contribution in [0.5, 0.6) is 5.75 Å². The second-order valence-electron chi connectivity index (χ2n) is 4.90. The summed E-state index contributed by atoms with van der Waals surface area (Å²) in [6.45, 7) is -0.722. The first-order valence-corrected chi connectivity index (χ1v) is 7.79. The minimum absolute atomic E-state index is 0.185. The van der Waals surface area contributed by atoms with Gasteiger partial charge >= 0.3 is 5.97 Å². The van der Waals surface area contributed by atoms with E-state index in [0.29, 0.717) is 10.8 Å². The van der Waals surface area contributed by atoms with E-state index >= 15 is 0 Å². The highest BCUT2D eigenvalue weighted by Crippen LogP contribution is 2.21. The topological polar surface area (TPSA) is 95.7 Å². The Morgan fingerprint density at radius 3 is 2.24 bits per heavy atom. The number of carbonyl (C=O) groups excluding carboxylic acids is 3. The smallest absolute Gasteiger partial charge is 0.338 e. The quantitative estimate of drug-likeness (QED) is 0.587. The Hall–Kier alpha value is -2.57. The molecule has 0 aliphatic carbocycles. The number of halogens is 2. The first-order chi connectivity index (χ1) is 11.9. The molecule has 2 aromatic rings. The molecule has 0 bridgehead atoms. The van der Waals surface area contributed by atoms with E-state index in [4.69, 9.17) is 38.4 Å². The first-order valence-electron chi connectivity index (χ1n) is 7.03. The lowest BCUT2D eigenvalue weighted by Crippen LogP contribution is -2.20. The van der Waals surface area contributed by atoms with Crippen molar-refractivity contribution in [1.82, 2.24) is 0 Å². The summed E-state index contributed by atoms with van der Waals surface area (Å²) in [7, 11) is 0. The van der Waals surface area contributed by atoms with E-state index in [0.717, 1.165) is 0 Å². The lowest BCUT2D eigenvalue weighted by Gasteiger charge is -2.07. The van der Waals surface area contributed by atoms with Gasteiger partial charge in [-0.25, -0.2) is 4.79 Å². The normalized spacial score (nSPS) is 10.2. The molecule has 6 nitrogen and oxygen atoms in total. The number of primary amides is 1. The Morgan fingerprint density at radius 1 is 0.960 bits per heavy atom. The van der Waals surface area contributed by atoms with E-state index in [9.17, 15) is 14.4 Å². The molecule has 8 heteroatoms. The highest BCUT2D eigenvalue weighted by Gasteiger charge is 2.14. The van der Waals surface area contributed by atoms with E-state index < -0.39 is 24.3 Å². The highest BCUT2D eigenvalue weighted by atomic mass is 35.5. The van der Waals surface area contributed by atoms with Crippen molar-refractivity contribution in [2.45, 2.75) is 0 Å². The largest absolute Gasteiger partial charge is 0.484 e. The van der Waals surface area contributed by atoms with Gasteiger partial charge in [0, 0.05) is 10.6 Å². The van der Waals surface area contributed by atoms with Crippen LogP contribution in [-0.4, -0.2) is 30.9 Å². The maximum absolute atomic E-state index is 12.0. The lowest BCUT2D eigenvalue weighted by atomic mass is 10.1. The second-order valence-corrected chi connectivity index (χ2v) is 5.75. The molecular formula is C17H13Cl2NO5. The fraction of sp³-hybridized carbons (Fsp3) is 0.118. The van der Waals surface area contributed by atoms with E-state index in [2.05, 4.69) is 0 Å². The number of rotatable bonds is 7. The molecule has 0 atom stereocenters. The van der Waals surface area contributed by atoms with E-state index in [1.807, 2.05) is 0 Å². The van der Waals surface area contributed by atoms with Gasteiger partial charge in [0.05, 0.1) is 10.6 Å². The third kappa shape index (κ3) is 5.48. The van der Waals surface area contributed by atoms with E-state index in [1.165, 1.54) is 42.5 Å². The molecular weight excluding hydrogens is 369 g/mol. The zero-order chi connectivity index (χ0) is 18.4. The average molecular weight is 382 g/mol. The Labute approximate surface area is 153 Å². The molecule has 2 rings (SSSR count). The summed E-state index contributed by atoms with van der Waals surface area (Å²) < 4.78 is 10.0. The van der Waals surface area contributed by atoms with Crippen LogP contribution >= 0.6 is 23.2 Å². The number of amides is 1. The van der Waals surface area contributed by atoms with Gasteiger partial charge in [0.25, 0.3) is 5.91 Å². The molecule has 0 heterocycles. The van der Waals surface area contributed by atoms with Crippen molar-refractivity contribution in [1.29, 1.82) is 0 Å². The van der Waals surface area contributed by atoms with Crippen molar-refractivity contribution in [2.75, 3.05) is 13.2 Å². The van der Waals surface area contributed by atoms with Crippen LogP contribution in [0, 0.1) is 0 Å². The molecule has 25 heavy (non-hydrogen) atoms. The number of hydrogen-bond acceptors (Lipinski definition) is 5.